The predicted molar refractivity (Wildman–Crippen MR) is 82.3 cm³/mol. The van der Waals surface area contributed by atoms with Gasteiger partial charge in [0, 0.05) is 19.3 Å². The van der Waals surface area contributed by atoms with E-state index in [0.29, 0.717) is 6.54 Å². The highest BCUT2D eigenvalue weighted by Gasteiger charge is 2.18. The Kier molecular flexibility index (Phi) is 3.66. The highest BCUT2D eigenvalue weighted by molar-refractivity contribution is 5.71. The lowest BCUT2D eigenvalue weighted by atomic mass is 10.2. The topological polar surface area (TPSA) is 48.0 Å². The summed E-state index contributed by atoms with van der Waals surface area (Å²) in [5.41, 5.74) is 2.80. The van der Waals surface area contributed by atoms with Crippen LogP contribution in [0, 0.1) is 0 Å². The largest absolute Gasteiger partial charge is 0.508 e. The Labute approximate surface area is 123 Å². The van der Waals surface area contributed by atoms with Crippen molar-refractivity contribution in [2.45, 2.75) is 6.54 Å². The highest BCUT2D eigenvalue weighted by Crippen LogP contribution is 2.32. The van der Waals surface area contributed by atoms with E-state index in [9.17, 15) is 5.11 Å². The summed E-state index contributed by atoms with van der Waals surface area (Å²) in [6.45, 7) is 0.667. The average Bonchev–Trinajstić information content (AvgIpc) is 2.96. The number of hydrogen-bond donors (Lipinski definition) is 2. The van der Waals surface area contributed by atoms with E-state index >= 15 is 0 Å². The predicted octanol–water partition coefficient (Wildman–Crippen LogP) is 3.07. The maximum absolute atomic E-state index is 9.53. The summed E-state index contributed by atoms with van der Waals surface area (Å²) in [6, 6.07) is 15.2. The van der Waals surface area contributed by atoms with Gasteiger partial charge in [0.15, 0.2) is 0 Å². The van der Waals surface area contributed by atoms with Crippen molar-refractivity contribution in [1.82, 2.24) is 5.06 Å². The Bertz CT molecular complexity index is 643. The second-order valence-corrected chi connectivity index (χ2v) is 4.72. The molecule has 21 heavy (non-hydrogen) atoms. The molecule has 0 amide bonds. The van der Waals surface area contributed by atoms with Gasteiger partial charge in [-0.3, -0.25) is 0 Å². The molecule has 2 N–H and O–H groups in total. The van der Waals surface area contributed by atoms with E-state index in [1.165, 1.54) is 5.56 Å². The van der Waals surface area contributed by atoms with Crippen molar-refractivity contribution in [3.05, 3.63) is 66.5 Å². The number of nitrogens with zero attached hydrogens (tertiary/aromatic N) is 2. The van der Waals surface area contributed by atoms with E-state index < -0.39 is 0 Å². The Morgan fingerprint density at radius 3 is 2.67 bits per heavy atom. The average molecular weight is 283 g/mol. The standard InChI is InChI=1S/C16H17N3O2/c1-17-15-11-14(20)7-8-16(15)19-10-9-18(21-19)12-13-5-3-2-4-6-13/h2-11,17,20H,12H2,1H3. The maximum atomic E-state index is 9.53. The van der Waals surface area contributed by atoms with Crippen LogP contribution in [-0.2, 0) is 11.5 Å². The molecule has 5 heteroatoms. The Hall–Kier alpha value is -2.66. The molecule has 3 rings (SSSR count). The quantitative estimate of drug-likeness (QED) is 0.903. The first-order valence-electron chi connectivity index (χ1n) is 6.73. The van der Waals surface area contributed by atoms with Crippen LogP contribution in [0.2, 0.25) is 0 Å². The molecule has 0 aromatic heterocycles. The lowest BCUT2D eigenvalue weighted by Crippen LogP contribution is -2.22. The first-order valence-corrected chi connectivity index (χ1v) is 6.73. The molecule has 0 saturated carbocycles. The van der Waals surface area contributed by atoms with Gasteiger partial charge in [-0.15, -0.1) is 4.94 Å². The molecule has 5 nitrogen and oxygen atoms in total. The lowest BCUT2D eigenvalue weighted by molar-refractivity contribution is -0.112. The van der Waals surface area contributed by atoms with Crippen LogP contribution in [0.5, 0.6) is 5.75 Å². The molecule has 1 heterocycles. The normalized spacial score (nSPS) is 13.8. The minimum absolute atomic E-state index is 0.215. The number of rotatable bonds is 4. The Morgan fingerprint density at radius 1 is 1.10 bits per heavy atom. The van der Waals surface area contributed by atoms with Gasteiger partial charge in [-0.25, -0.2) is 10.1 Å². The summed E-state index contributed by atoms with van der Waals surface area (Å²) >= 11 is 0. The van der Waals surface area contributed by atoms with Crippen LogP contribution in [0.1, 0.15) is 5.56 Å². The zero-order valence-electron chi connectivity index (χ0n) is 11.7. The summed E-state index contributed by atoms with van der Waals surface area (Å²) in [5, 5.41) is 16.0. The van der Waals surface area contributed by atoms with Gasteiger partial charge in [0.1, 0.15) is 5.75 Å². The van der Waals surface area contributed by atoms with E-state index in [1.807, 2.05) is 30.6 Å². The van der Waals surface area contributed by atoms with Gasteiger partial charge >= 0.3 is 0 Å². The number of hydroxylamine groups is 3. The molecule has 0 atom stereocenters. The SMILES string of the molecule is CNc1cc(O)ccc1N1C=CN(Cc2ccccc2)O1. The van der Waals surface area contributed by atoms with Crippen LogP contribution in [0.25, 0.3) is 0 Å². The molecule has 0 radical (unpaired) electrons. The van der Waals surface area contributed by atoms with Crippen molar-refractivity contribution >= 4 is 11.4 Å². The van der Waals surface area contributed by atoms with Gasteiger partial charge in [0.2, 0.25) is 0 Å². The minimum Gasteiger partial charge on any atom is -0.508 e. The second kappa shape index (κ2) is 5.76. The molecule has 2 aromatic rings. The van der Waals surface area contributed by atoms with Crippen molar-refractivity contribution in [2.75, 3.05) is 17.4 Å². The molecule has 1 aliphatic rings. The molecular formula is C16H17N3O2. The van der Waals surface area contributed by atoms with Crippen LogP contribution in [0.3, 0.4) is 0 Å². The zero-order chi connectivity index (χ0) is 14.7. The highest BCUT2D eigenvalue weighted by atomic mass is 16.8. The third-order valence-corrected chi connectivity index (χ3v) is 3.23. The first kappa shape index (κ1) is 13.3. The summed E-state index contributed by atoms with van der Waals surface area (Å²) in [5.74, 6) is 0.215. The van der Waals surface area contributed by atoms with Gasteiger partial charge in [-0.1, -0.05) is 30.3 Å². The molecule has 0 aliphatic carbocycles. The summed E-state index contributed by atoms with van der Waals surface area (Å²) < 4.78 is 0. The molecule has 108 valence electrons. The molecular weight excluding hydrogens is 266 g/mol. The molecule has 0 unspecified atom stereocenters. The smallest absolute Gasteiger partial charge is 0.117 e. The number of aromatic hydroxyl groups is 1. The third-order valence-electron chi connectivity index (χ3n) is 3.23. The van der Waals surface area contributed by atoms with Gasteiger partial charge in [-0.05, 0) is 17.7 Å². The molecule has 0 fully saturated rings. The fraction of sp³-hybridized carbons (Fsp3) is 0.125. The molecule has 1 aliphatic heterocycles. The van der Waals surface area contributed by atoms with Crippen LogP contribution >= 0.6 is 0 Å². The Balaban J connectivity index is 1.72. The molecule has 0 spiro atoms. The summed E-state index contributed by atoms with van der Waals surface area (Å²) in [4.78, 5) is 5.77. The maximum Gasteiger partial charge on any atom is 0.117 e. The van der Waals surface area contributed by atoms with Crippen molar-refractivity contribution in [1.29, 1.82) is 0 Å². The summed E-state index contributed by atoms with van der Waals surface area (Å²) in [6.07, 6.45) is 3.72. The van der Waals surface area contributed by atoms with Crippen molar-refractivity contribution in [2.24, 2.45) is 0 Å². The number of anilines is 2. The van der Waals surface area contributed by atoms with Gasteiger partial charge in [0.05, 0.1) is 24.1 Å². The minimum atomic E-state index is 0.215. The van der Waals surface area contributed by atoms with E-state index in [0.717, 1.165) is 11.4 Å². The van der Waals surface area contributed by atoms with Crippen LogP contribution < -0.4 is 10.4 Å². The number of phenolic OH excluding ortho intramolecular Hbond substituents is 1. The lowest BCUT2D eigenvalue weighted by Gasteiger charge is -2.22. The fourth-order valence-electron chi connectivity index (χ4n) is 2.19. The van der Waals surface area contributed by atoms with Crippen LogP contribution in [0.4, 0.5) is 11.4 Å². The van der Waals surface area contributed by atoms with Gasteiger partial charge in [-0.2, -0.15) is 0 Å². The molecule has 0 saturated heterocycles. The Morgan fingerprint density at radius 2 is 1.90 bits per heavy atom. The molecule has 2 aromatic carbocycles. The van der Waals surface area contributed by atoms with E-state index in [1.54, 1.807) is 35.4 Å². The van der Waals surface area contributed by atoms with Crippen molar-refractivity contribution in [3.8, 4) is 5.75 Å². The first-order chi connectivity index (χ1) is 10.3. The fourth-order valence-corrected chi connectivity index (χ4v) is 2.19. The molecule has 0 bridgehead atoms. The van der Waals surface area contributed by atoms with E-state index in [4.69, 9.17) is 4.94 Å². The van der Waals surface area contributed by atoms with Gasteiger partial charge < -0.3 is 10.4 Å². The van der Waals surface area contributed by atoms with Crippen molar-refractivity contribution < 1.29 is 10.0 Å². The monoisotopic (exact) mass is 283 g/mol. The summed E-state index contributed by atoms with van der Waals surface area (Å²) in [7, 11) is 1.81. The van der Waals surface area contributed by atoms with E-state index in [-0.39, 0.29) is 5.75 Å². The number of hydrogen-bond acceptors (Lipinski definition) is 5. The zero-order valence-corrected chi connectivity index (χ0v) is 11.7. The van der Waals surface area contributed by atoms with Crippen molar-refractivity contribution in [3.63, 3.8) is 0 Å². The third kappa shape index (κ3) is 2.93. The number of phenols is 1. The van der Waals surface area contributed by atoms with Crippen LogP contribution in [0.15, 0.2) is 60.9 Å². The van der Waals surface area contributed by atoms with Crippen LogP contribution in [-0.4, -0.2) is 17.2 Å². The number of benzene rings is 2. The second-order valence-electron chi connectivity index (χ2n) is 4.72. The number of nitrogens with one attached hydrogen (secondary N) is 1. The van der Waals surface area contributed by atoms with E-state index in [2.05, 4.69) is 17.4 Å². The van der Waals surface area contributed by atoms with Gasteiger partial charge in [0.25, 0.3) is 0 Å².